The number of benzene rings is 4. The normalized spacial score (nSPS) is 10.5. The van der Waals surface area contributed by atoms with E-state index in [4.69, 9.17) is 9.47 Å². The molecule has 0 atom stereocenters. The van der Waals surface area contributed by atoms with Crippen molar-refractivity contribution in [3.8, 4) is 5.75 Å². The quantitative estimate of drug-likeness (QED) is 0.251. The van der Waals surface area contributed by atoms with Gasteiger partial charge in [-0.25, -0.2) is 4.79 Å². The van der Waals surface area contributed by atoms with Gasteiger partial charge in [-0.3, -0.25) is 0 Å². The third-order valence-electron chi connectivity index (χ3n) is 5.09. The first-order chi connectivity index (χ1) is 16.2. The fraction of sp³-hybridized carbons (Fsp3) is 0.107. The Labute approximate surface area is 202 Å². The van der Waals surface area contributed by atoms with Crippen LogP contribution in [-0.2, 0) is 24.5 Å². The van der Waals surface area contributed by atoms with Crippen molar-refractivity contribution in [1.29, 1.82) is 0 Å². The number of esters is 1. The fourth-order valence-electron chi connectivity index (χ4n) is 3.31. The predicted octanol–water partition coefficient (Wildman–Crippen LogP) is 7.00. The van der Waals surface area contributed by atoms with Crippen LogP contribution in [0.2, 0.25) is 0 Å². The second-order valence-corrected chi connectivity index (χ2v) is 8.43. The van der Waals surface area contributed by atoms with Gasteiger partial charge in [0.15, 0.2) is 0 Å². The molecule has 0 bridgehead atoms. The summed E-state index contributed by atoms with van der Waals surface area (Å²) in [7, 11) is 0. The molecule has 0 aliphatic heterocycles. The van der Waals surface area contributed by atoms with Crippen LogP contribution < -0.4 is 10.1 Å². The number of hydrogen-bond acceptors (Lipinski definition) is 4. The zero-order valence-electron chi connectivity index (χ0n) is 18.0. The van der Waals surface area contributed by atoms with Crippen LogP contribution in [0.4, 0.5) is 5.69 Å². The molecule has 1 N–H and O–H groups in total. The third kappa shape index (κ3) is 6.70. The van der Waals surface area contributed by atoms with Gasteiger partial charge < -0.3 is 14.8 Å². The van der Waals surface area contributed by atoms with Gasteiger partial charge in [0.2, 0.25) is 0 Å². The Morgan fingerprint density at radius 2 is 1.45 bits per heavy atom. The van der Waals surface area contributed by atoms with Crippen LogP contribution in [-0.4, -0.2) is 5.97 Å². The first-order valence-electron chi connectivity index (χ1n) is 10.7. The summed E-state index contributed by atoms with van der Waals surface area (Å²) in [5.41, 5.74) is 4.27. The number of hydrogen-bond donors (Lipinski definition) is 1. The van der Waals surface area contributed by atoms with Crippen LogP contribution in [0.3, 0.4) is 0 Å². The summed E-state index contributed by atoms with van der Waals surface area (Å²) in [6.45, 7) is 1.15. The van der Waals surface area contributed by atoms with Crippen molar-refractivity contribution in [2.45, 2.75) is 19.8 Å². The van der Waals surface area contributed by atoms with Crippen LogP contribution in [0.1, 0.15) is 27.0 Å². The second kappa shape index (κ2) is 11.3. The first kappa shape index (κ1) is 22.6. The molecular weight excluding hydrogens is 478 g/mol. The number of ether oxygens (including phenoxy) is 2. The van der Waals surface area contributed by atoms with Crippen LogP contribution in [0, 0.1) is 0 Å². The predicted molar refractivity (Wildman–Crippen MR) is 134 cm³/mol. The first-order valence-corrected chi connectivity index (χ1v) is 11.5. The van der Waals surface area contributed by atoms with Crippen molar-refractivity contribution in [1.82, 2.24) is 0 Å². The van der Waals surface area contributed by atoms with Crippen LogP contribution >= 0.6 is 15.9 Å². The SMILES string of the molecule is O=C(OCc1ccccc1)c1ccc(NCc2ccc(Br)cc2)cc1COc1ccccc1. The lowest BCUT2D eigenvalue weighted by Crippen LogP contribution is -2.11. The molecule has 33 heavy (non-hydrogen) atoms. The van der Waals surface area contributed by atoms with Crippen LogP contribution in [0.5, 0.6) is 5.75 Å². The summed E-state index contributed by atoms with van der Waals surface area (Å²) in [5.74, 6) is 0.374. The van der Waals surface area contributed by atoms with E-state index in [-0.39, 0.29) is 19.2 Å². The highest BCUT2D eigenvalue weighted by Gasteiger charge is 2.15. The Morgan fingerprint density at radius 1 is 0.758 bits per heavy atom. The molecule has 0 aromatic heterocycles. The maximum absolute atomic E-state index is 12.9. The Hall–Kier alpha value is -3.57. The van der Waals surface area contributed by atoms with Crippen molar-refractivity contribution in [3.63, 3.8) is 0 Å². The molecule has 0 saturated carbocycles. The average molecular weight is 502 g/mol. The molecule has 4 rings (SSSR count). The molecule has 0 saturated heterocycles. The minimum absolute atomic E-state index is 0.224. The Bertz CT molecular complexity index is 1180. The van der Waals surface area contributed by atoms with Crippen molar-refractivity contribution in [2.75, 3.05) is 5.32 Å². The van der Waals surface area contributed by atoms with E-state index in [2.05, 4.69) is 33.4 Å². The summed E-state index contributed by atoms with van der Waals surface area (Å²) >= 11 is 3.46. The van der Waals surface area contributed by atoms with Crippen molar-refractivity contribution in [3.05, 3.63) is 130 Å². The van der Waals surface area contributed by atoms with E-state index < -0.39 is 0 Å². The van der Waals surface area contributed by atoms with Crippen molar-refractivity contribution in [2.24, 2.45) is 0 Å². The average Bonchev–Trinajstić information content (AvgIpc) is 2.87. The summed E-state index contributed by atoms with van der Waals surface area (Å²) in [5, 5.41) is 3.42. The summed E-state index contributed by atoms with van der Waals surface area (Å²) in [4.78, 5) is 12.9. The second-order valence-electron chi connectivity index (χ2n) is 7.52. The molecular formula is C28H24BrNO3. The van der Waals surface area contributed by atoms with E-state index >= 15 is 0 Å². The number of rotatable bonds is 9. The Kier molecular flexibility index (Phi) is 7.77. The van der Waals surface area contributed by atoms with E-state index in [0.29, 0.717) is 12.1 Å². The largest absolute Gasteiger partial charge is 0.489 e. The van der Waals surface area contributed by atoms with E-state index in [1.807, 2.05) is 84.9 Å². The van der Waals surface area contributed by atoms with E-state index in [9.17, 15) is 4.79 Å². The molecule has 4 nitrogen and oxygen atoms in total. The maximum atomic E-state index is 12.9. The van der Waals surface area contributed by atoms with E-state index in [1.165, 1.54) is 0 Å². The molecule has 0 aliphatic carbocycles. The summed E-state index contributed by atoms with van der Waals surface area (Å²) in [6, 6.07) is 33.0. The smallest absolute Gasteiger partial charge is 0.338 e. The van der Waals surface area contributed by atoms with Crippen LogP contribution in [0.15, 0.2) is 108 Å². The zero-order valence-corrected chi connectivity index (χ0v) is 19.6. The minimum Gasteiger partial charge on any atom is -0.489 e. The van der Waals surface area contributed by atoms with Gasteiger partial charge in [-0.1, -0.05) is 76.6 Å². The summed E-state index contributed by atoms with van der Waals surface area (Å²) in [6.07, 6.45) is 0. The van der Waals surface area contributed by atoms with Gasteiger partial charge in [-0.2, -0.15) is 0 Å². The lowest BCUT2D eigenvalue weighted by molar-refractivity contribution is 0.0470. The third-order valence-corrected chi connectivity index (χ3v) is 5.61. The minimum atomic E-state index is -0.370. The van der Waals surface area contributed by atoms with Gasteiger partial charge in [0.05, 0.1) is 5.56 Å². The molecule has 4 aromatic rings. The number of carbonyl (C=O) groups is 1. The standard InChI is InChI=1S/C28H24BrNO3/c29-24-13-11-21(12-14-24)18-30-25-15-16-27(28(31)33-19-22-7-3-1-4-8-22)23(17-25)20-32-26-9-5-2-6-10-26/h1-17,30H,18-20H2. The molecule has 0 unspecified atom stereocenters. The number of halogens is 1. The van der Waals surface area contributed by atoms with Gasteiger partial charge in [-0.15, -0.1) is 0 Å². The van der Waals surface area contributed by atoms with Gasteiger partial charge in [0.25, 0.3) is 0 Å². The molecule has 0 heterocycles. The molecule has 166 valence electrons. The Balaban J connectivity index is 1.49. The number of anilines is 1. The lowest BCUT2D eigenvalue weighted by atomic mass is 10.1. The topological polar surface area (TPSA) is 47.6 Å². The van der Waals surface area contributed by atoms with Crippen molar-refractivity contribution >= 4 is 27.6 Å². The molecule has 4 aromatic carbocycles. The highest BCUT2D eigenvalue weighted by molar-refractivity contribution is 9.10. The Morgan fingerprint density at radius 3 is 2.18 bits per heavy atom. The number of para-hydroxylation sites is 1. The fourth-order valence-corrected chi connectivity index (χ4v) is 3.57. The monoisotopic (exact) mass is 501 g/mol. The highest BCUT2D eigenvalue weighted by atomic mass is 79.9. The number of carbonyl (C=O) groups excluding carboxylic acids is 1. The van der Waals surface area contributed by atoms with Crippen LogP contribution in [0.25, 0.3) is 0 Å². The molecule has 0 radical (unpaired) electrons. The highest BCUT2D eigenvalue weighted by Crippen LogP contribution is 2.21. The van der Waals surface area contributed by atoms with Gasteiger partial charge in [0, 0.05) is 22.3 Å². The zero-order chi connectivity index (χ0) is 22.9. The molecule has 0 fully saturated rings. The summed E-state index contributed by atoms with van der Waals surface area (Å²) < 4.78 is 12.5. The molecule has 0 spiro atoms. The molecule has 5 heteroatoms. The van der Waals surface area contributed by atoms with Gasteiger partial charge in [-0.05, 0) is 53.6 Å². The lowest BCUT2D eigenvalue weighted by Gasteiger charge is -2.14. The van der Waals surface area contributed by atoms with E-state index in [1.54, 1.807) is 6.07 Å². The van der Waals surface area contributed by atoms with Gasteiger partial charge >= 0.3 is 5.97 Å². The molecule has 0 amide bonds. The number of nitrogens with one attached hydrogen (secondary N) is 1. The van der Waals surface area contributed by atoms with Crippen molar-refractivity contribution < 1.29 is 14.3 Å². The maximum Gasteiger partial charge on any atom is 0.338 e. The van der Waals surface area contributed by atoms with E-state index in [0.717, 1.165) is 32.6 Å². The van der Waals surface area contributed by atoms with Gasteiger partial charge in [0.1, 0.15) is 19.0 Å². The molecule has 0 aliphatic rings.